The number of hydrogen-bond donors (Lipinski definition) is 1. The lowest BCUT2D eigenvalue weighted by Gasteiger charge is -2.32. The second-order valence-corrected chi connectivity index (χ2v) is 4.62. The molecular weight excluding hydrogens is 234 g/mol. The van der Waals surface area contributed by atoms with Crippen molar-refractivity contribution >= 4 is 12.4 Å². The monoisotopic (exact) mass is 255 g/mol. The van der Waals surface area contributed by atoms with Gasteiger partial charge in [0.05, 0.1) is 5.69 Å². The van der Waals surface area contributed by atoms with Crippen molar-refractivity contribution < 1.29 is 0 Å². The van der Waals surface area contributed by atoms with Crippen LogP contribution in [-0.4, -0.2) is 36.6 Å². The summed E-state index contributed by atoms with van der Waals surface area (Å²) in [4.78, 5) is 6.91. The van der Waals surface area contributed by atoms with Gasteiger partial charge >= 0.3 is 0 Å². The lowest BCUT2D eigenvalue weighted by atomic mass is 9.98. The highest BCUT2D eigenvalue weighted by molar-refractivity contribution is 5.85. The van der Waals surface area contributed by atoms with Crippen LogP contribution in [0.15, 0.2) is 24.4 Å². The Hall–Kier alpha value is -0.640. The summed E-state index contributed by atoms with van der Waals surface area (Å²) < 4.78 is 0. The summed E-state index contributed by atoms with van der Waals surface area (Å²) in [5.74, 6) is 0.808. The quantitative estimate of drug-likeness (QED) is 0.891. The molecule has 1 aliphatic heterocycles. The summed E-state index contributed by atoms with van der Waals surface area (Å²) in [6.07, 6.45) is 4.56. The SMILES string of the molecule is CNCC1CCCN(Cc2ccccn2)C1.Cl. The molecule has 0 saturated carbocycles. The van der Waals surface area contributed by atoms with Gasteiger partial charge in [0.25, 0.3) is 0 Å². The maximum absolute atomic E-state index is 4.39. The molecule has 2 heterocycles. The number of halogens is 1. The number of hydrogen-bond acceptors (Lipinski definition) is 3. The third-order valence-corrected chi connectivity index (χ3v) is 3.21. The Morgan fingerprint density at radius 3 is 3.06 bits per heavy atom. The highest BCUT2D eigenvalue weighted by Crippen LogP contribution is 2.17. The van der Waals surface area contributed by atoms with Crippen LogP contribution in [0.1, 0.15) is 18.5 Å². The van der Waals surface area contributed by atoms with Crippen LogP contribution in [-0.2, 0) is 6.54 Å². The standard InChI is InChI=1S/C13H21N3.ClH/c1-14-9-12-5-4-8-16(10-12)11-13-6-2-3-7-15-13;/h2-3,6-7,12,14H,4-5,8-11H2,1H3;1H. The molecule has 1 aromatic heterocycles. The summed E-state index contributed by atoms with van der Waals surface area (Å²) in [6, 6.07) is 6.16. The fraction of sp³-hybridized carbons (Fsp3) is 0.615. The third-order valence-electron chi connectivity index (χ3n) is 3.21. The molecule has 2 rings (SSSR count). The van der Waals surface area contributed by atoms with Crippen LogP contribution in [0.2, 0.25) is 0 Å². The molecule has 1 atom stereocenters. The summed E-state index contributed by atoms with van der Waals surface area (Å²) in [5.41, 5.74) is 1.19. The second kappa shape index (κ2) is 7.64. The molecule has 0 bridgehead atoms. The molecule has 1 N–H and O–H groups in total. The van der Waals surface area contributed by atoms with Crippen LogP contribution in [0, 0.1) is 5.92 Å². The summed E-state index contributed by atoms with van der Waals surface area (Å²) >= 11 is 0. The van der Waals surface area contributed by atoms with Gasteiger partial charge in [0, 0.05) is 19.3 Å². The first kappa shape index (κ1) is 14.4. The summed E-state index contributed by atoms with van der Waals surface area (Å²) in [5, 5.41) is 3.28. The van der Waals surface area contributed by atoms with E-state index >= 15 is 0 Å². The normalized spacial score (nSPS) is 20.9. The molecule has 1 fully saturated rings. The van der Waals surface area contributed by atoms with E-state index < -0.39 is 0 Å². The molecule has 1 aromatic rings. The number of piperidine rings is 1. The summed E-state index contributed by atoms with van der Waals surface area (Å²) in [6.45, 7) is 4.56. The van der Waals surface area contributed by atoms with Crippen molar-refractivity contribution in [2.45, 2.75) is 19.4 Å². The molecule has 96 valence electrons. The van der Waals surface area contributed by atoms with Crippen LogP contribution in [0.4, 0.5) is 0 Å². The molecule has 0 radical (unpaired) electrons. The predicted octanol–water partition coefficient (Wildman–Crippen LogP) is 1.93. The van der Waals surface area contributed by atoms with Crippen LogP contribution in [0.25, 0.3) is 0 Å². The molecule has 1 unspecified atom stereocenters. The molecule has 1 aliphatic rings. The number of likely N-dealkylation sites (tertiary alicyclic amines) is 1. The van der Waals surface area contributed by atoms with E-state index in [1.54, 1.807) is 0 Å². The third kappa shape index (κ3) is 4.62. The predicted molar refractivity (Wildman–Crippen MR) is 73.4 cm³/mol. The Labute approximate surface area is 110 Å². The molecule has 17 heavy (non-hydrogen) atoms. The van der Waals surface area contributed by atoms with Crippen molar-refractivity contribution in [3.8, 4) is 0 Å². The number of nitrogens with one attached hydrogen (secondary N) is 1. The molecule has 0 amide bonds. The second-order valence-electron chi connectivity index (χ2n) is 4.62. The molecule has 3 nitrogen and oxygen atoms in total. The maximum Gasteiger partial charge on any atom is 0.0543 e. The highest BCUT2D eigenvalue weighted by atomic mass is 35.5. The topological polar surface area (TPSA) is 28.2 Å². The maximum atomic E-state index is 4.39. The Morgan fingerprint density at radius 2 is 2.35 bits per heavy atom. The molecular formula is C13H22ClN3. The van der Waals surface area contributed by atoms with Gasteiger partial charge in [-0.15, -0.1) is 12.4 Å². The first-order valence-electron chi connectivity index (χ1n) is 6.15. The lowest BCUT2D eigenvalue weighted by Crippen LogP contribution is -2.38. The van der Waals surface area contributed by atoms with Gasteiger partial charge in [0.2, 0.25) is 0 Å². The van der Waals surface area contributed by atoms with Crippen molar-refractivity contribution in [3.05, 3.63) is 30.1 Å². The van der Waals surface area contributed by atoms with Crippen molar-refractivity contribution in [1.29, 1.82) is 0 Å². The van der Waals surface area contributed by atoms with E-state index in [1.165, 1.54) is 31.6 Å². The van der Waals surface area contributed by atoms with Gasteiger partial charge in [0.15, 0.2) is 0 Å². The average molecular weight is 256 g/mol. The zero-order valence-electron chi connectivity index (χ0n) is 10.4. The Kier molecular flexibility index (Phi) is 6.48. The fourth-order valence-corrected chi connectivity index (χ4v) is 2.47. The van der Waals surface area contributed by atoms with Crippen LogP contribution >= 0.6 is 12.4 Å². The van der Waals surface area contributed by atoms with E-state index in [4.69, 9.17) is 0 Å². The highest BCUT2D eigenvalue weighted by Gasteiger charge is 2.19. The van der Waals surface area contributed by atoms with E-state index in [0.717, 1.165) is 19.0 Å². The van der Waals surface area contributed by atoms with Crippen LogP contribution < -0.4 is 5.32 Å². The minimum Gasteiger partial charge on any atom is -0.319 e. The molecule has 0 aromatic carbocycles. The number of aromatic nitrogens is 1. The molecule has 1 saturated heterocycles. The molecule has 4 heteroatoms. The van der Waals surface area contributed by atoms with Gasteiger partial charge in [-0.25, -0.2) is 0 Å². The van der Waals surface area contributed by atoms with Crippen molar-refractivity contribution in [2.75, 3.05) is 26.7 Å². The Bertz CT molecular complexity index is 303. The smallest absolute Gasteiger partial charge is 0.0543 e. The van der Waals surface area contributed by atoms with Gasteiger partial charge in [-0.3, -0.25) is 9.88 Å². The van der Waals surface area contributed by atoms with Gasteiger partial charge < -0.3 is 5.32 Å². The number of nitrogens with zero attached hydrogens (tertiary/aromatic N) is 2. The van der Waals surface area contributed by atoms with Crippen molar-refractivity contribution in [1.82, 2.24) is 15.2 Å². The number of rotatable bonds is 4. The molecule has 0 spiro atoms. The van der Waals surface area contributed by atoms with E-state index in [9.17, 15) is 0 Å². The first-order chi connectivity index (χ1) is 7.88. The zero-order chi connectivity index (χ0) is 11.2. The first-order valence-corrected chi connectivity index (χ1v) is 6.15. The fourth-order valence-electron chi connectivity index (χ4n) is 2.47. The number of pyridine rings is 1. The van der Waals surface area contributed by atoms with Crippen molar-refractivity contribution in [3.63, 3.8) is 0 Å². The van der Waals surface area contributed by atoms with E-state index in [-0.39, 0.29) is 12.4 Å². The Balaban J connectivity index is 0.00000144. The van der Waals surface area contributed by atoms with Crippen LogP contribution in [0.3, 0.4) is 0 Å². The van der Waals surface area contributed by atoms with E-state index in [2.05, 4.69) is 27.3 Å². The van der Waals surface area contributed by atoms with Crippen LogP contribution in [0.5, 0.6) is 0 Å². The lowest BCUT2D eigenvalue weighted by molar-refractivity contribution is 0.165. The largest absolute Gasteiger partial charge is 0.319 e. The van der Waals surface area contributed by atoms with Crippen molar-refractivity contribution in [2.24, 2.45) is 5.92 Å². The van der Waals surface area contributed by atoms with E-state index in [1.807, 2.05) is 19.3 Å². The average Bonchev–Trinajstić information content (AvgIpc) is 2.31. The van der Waals surface area contributed by atoms with Gasteiger partial charge in [-0.1, -0.05) is 6.07 Å². The summed E-state index contributed by atoms with van der Waals surface area (Å²) in [7, 11) is 2.04. The zero-order valence-corrected chi connectivity index (χ0v) is 11.2. The van der Waals surface area contributed by atoms with Gasteiger partial charge in [-0.2, -0.15) is 0 Å². The van der Waals surface area contributed by atoms with Gasteiger partial charge in [-0.05, 0) is 51.0 Å². The Morgan fingerprint density at radius 1 is 1.47 bits per heavy atom. The van der Waals surface area contributed by atoms with Gasteiger partial charge in [0.1, 0.15) is 0 Å². The minimum absolute atomic E-state index is 0. The van der Waals surface area contributed by atoms with E-state index in [0.29, 0.717) is 0 Å². The molecule has 0 aliphatic carbocycles. The minimum atomic E-state index is 0.